The van der Waals surface area contributed by atoms with E-state index in [-0.39, 0.29) is 6.54 Å². The maximum atomic E-state index is 9.86. The third-order valence-electron chi connectivity index (χ3n) is 0.527. The smallest absolute Gasteiger partial charge is 0.318 e. The number of rotatable bonds is 5. The number of nitrogens with one attached hydrogen (secondary N) is 1. The van der Waals surface area contributed by atoms with Gasteiger partial charge in [0.05, 0.1) is 0 Å². The standard InChI is InChI=1S/C5H9NO2S/c1-2-3-9-6-4-5(7)8/h2,6H,1,3-4H2,(H,7,8). The van der Waals surface area contributed by atoms with Gasteiger partial charge in [-0.3, -0.25) is 9.52 Å². The molecule has 0 bridgehead atoms. The van der Waals surface area contributed by atoms with Crippen LogP contribution in [0.4, 0.5) is 0 Å². The van der Waals surface area contributed by atoms with Crippen molar-refractivity contribution >= 4 is 17.9 Å². The van der Waals surface area contributed by atoms with Crippen LogP contribution < -0.4 is 4.72 Å². The molecule has 0 radical (unpaired) electrons. The van der Waals surface area contributed by atoms with Crippen molar-refractivity contribution in [3.05, 3.63) is 12.7 Å². The number of aliphatic carboxylic acids is 1. The summed E-state index contributed by atoms with van der Waals surface area (Å²) >= 11 is 1.33. The zero-order valence-corrected chi connectivity index (χ0v) is 5.78. The highest BCUT2D eigenvalue weighted by Crippen LogP contribution is 1.89. The van der Waals surface area contributed by atoms with Gasteiger partial charge in [-0.25, -0.2) is 0 Å². The van der Waals surface area contributed by atoms with E-state index in [0.29, 0.717) is 0 Å². The number of carboxylic acid groups (broad SMARTS) is 1. The summed E-state index contributed by atoms with van der Waals surface area (Å²) in [5.41, 5.74) is 0. The molecule has 0 aromatic rings. The van der Waals surface area contributed by atoms with Crippen molar-refractivity contribution in [1.82, 2.24) is 4.72 Å². The van der Waals surface area contributed by atoms with Crippen LogP contribution in [0.2, 0.25) is 0 Å². The summed E-state index contributed by atoms with van der Waals surface area (Å²) in [4.78, 5) is 9.86. The number of hydrogen-bond acceptors (Lipinski definition) is 3. The first-order valence-electron chi connectivity index (χ1n) is 2.44. The normalized spacial score (nSPS) is 8.89. The lowest BCUT2D eigenvalue weighted by Crippen LogP contribution is -2.15. The molecule has 0 heterocycles. The average Bonchev–Trinajstić information content (AvgIpc) is 1.80. The van der Waals surface area contributed by atoms with Crippen molar-refractivity contribution in [2.24, 2.45) is 0 Å². The second-order valence-corrected chi connectivity index (χ2v) is 2.23. The second kappa shape index (κ2) is 5.65. The molecular formula is C5H9NO2S. The maximum absolute atomic E-state index is 9.86. The summed E-state index contributed by atoms with van der Waals surface area (Å²) in [5, 5.41) is 8.11. The molecule has 0 amide bonds. The van der Waals surface area contributed by atoms with Gasteiger partial charge in [0.1, 0.15) is 6.54 Å². The predicted octanol–water partition coefficient (Wildman–Crippen LogP) is 0.495. The second-order valence-electron chi connectivity index (χ2n) is 1.31. The van der Waals surface area contributed by atoms with Gasteiger partial charge < -0.3 is 5.11 Å². The van der Waals surface area contributed by atoms with Crippen LogP contribution in [0, 0.1) is 0 Å². The van der Waals surface area contributed by atoms with Crippen LogP contribution in [0.1, 0.15) is 0 Å². The lowest BCUT2D eigenvalue weighted by Gasteiger charge is -1.94. The van der Waals surface area contributed by atoms with Crippen LogP contribution in [0.15, 0.2) is 12.7 Å². The molecule has 0 saturated heterocycles. The van der Waals surface area contributed by atoms with Gasteiger partial charge in [-0.05, 0) is 0 Å². The van der Waals surface area contributed by atoms with Gasteiger partial charge in [-0.1, -0.05) is 18.0 Å². The van der Waals surface area contributed by atoms with Crippen LogP contribution in [0.25, 0.3) is 0 Å². The summed E-state index contributed by atoms with van der Waals surface area (Å²) in [7, 11) is 0. The monoisotopic (exact) mass is 147 g/mol. The minimum absolute atomic E-state index is 0.00148. The average molecular weight is 147 g/mol. The molecule has 2 N–H and O–H groups in total. The zero-order valence-electron chi connectivity index (χ0n) is 4.96. The van der Waals surface area contributed by atoms with Gasteiger partial charge in [0, 0.05) is 5.75 Å². The van der Waals surface area contributed by atoms with Crippen molar-refractivity contribution in [2.75, 3.05) is 12.3 Å². The Balaban J connectivity index is 2.91. The fraction of sp³-hybridized carbons (Fsp3) is 0.400. The minimum Gasteiger partial charge on any atom is -0.480 e. The van der Waals surface area contributed by atoms with Crippen LogP contribution in [0.5, 0.6) is 0 Å². The van der Waals surface area contributed by atoms with E-state index >= 15 is 0 Å². The van der Waals surface area contributed by atoms with Gasteiger partial charge in [0.2, 0.25) is 0 Å². The van der Waals surface area contributed by atoms with Crippen molar-refractivity contribution in [3.63, 3.8) is 0 Å². The van der Waals surface area contributed by atoms with E-state index in [9.17, 15) is 4.79 Å². The Kier molecular flexibility index (Phi) is 5.35. The first-order valence-corrected chi connectivity index (χ1v) is 3.43. The van der Waals surface area contributed by atoms with Gasteiger partial charge >= 0.3 is 5.97 Å². The largest absolute Gasteiger partial charge is 0.480 e. The fourth-order valence-electron chi connectivity index (χ4n) is 0.231. The summed E-state index contributed by atoms with van der Waals surface area (Å²) in [6.07, 6.45) is 1.71. The van der Waals surface area contributed by atoms with Crippen molar-refractivity contribution < 1.29 is 9.90 Å². The van der Waals surface area contributed by atoms with Gasteiger partial charge in [0.15, 0.2) is 0 Å². The number of carboxylic acids is 1. The van der Waals surface area contributed by atoms with Crippen molar-refractivity contribution in [3.8, 4) is 0 Å². The minimum atomic E-state index is -0.841. The molecule has 52 valence electrons. The van der Waals surface area contributed by atoms with E-state index in [0.717, 1.165) is 5.75 Å². The molecule has 3 nitrogen and oxygen atoms in total. The molecule has 0 spiro atoms. The lowest BCUT2D eigenvalue weighted by molar-refractivity contribution is -0.135. The third-order valence-corrected chi connectivity index (χ3v) is 1.28. The van der Waals surface area contributed by atoms with E-state index in [2.05, 4.69) is 11.3 Å². The Bertz CT molecular complexity index is 105. The molecule has 0 aliphatic carbocycles. The highest BCUT2D eigenvalue weighted by atomic mass is 32.2. The molecule has 0 rings (SSSR count). The molecule has 0 aliphatic heterocycles. The van der Waals surface area contributed by atoms with Crippen LogP contribution in [-0.4, -0.2) is 23.4 Å². The van der Waals surface area contributed by atoms with E-state index in [1.807, 2.05) is 0 Å². The Morgan fingerprint density at radius 3 is 3.00 bits per heavy atom. The van der Waals surface area contributed by atoms with Crippen molar-refractivity contribution in [1.29, 1.82) is 0 Å². The fourth-order valence-corrected chi connectivity index (χ4v) is 0.692. The molecular weight excluding hydrogens is 138 g/mol. The zero-order chi connectivity index (χ0) is 7.11. The Morgan fingerprint density at radius 1 is 1.89 bits per heavy atom. The van der Waals surface area contributed by atoms with Gasteiger partial charge in [-0.2, -0.15) is 0 Å². The summed E-state index contributed by atoms with van der Waals surface area (Å²) in [6, 6.07) is 0. The number of hydrogen-bond donors (Lipinski definition) is 2. The van der Waals surface area contributed by atoms with Gasteiger partial charge in [-0.15, -0.1) is 6.58 Å². The molecule has 0 aromatic carbocycles. The highest BCUT2D eigenvalue weighted by Gasteiger charge is 1.91. The number of carbonyl (C=O) groups is 1. The SMILES string of the molecule is C=CCSNCC(=O)O. The first-order chi connectivity index (χ1) is 4.27. The Labute approximate surface area is 58.3 Å². The van der Waals surface area contributed by atoms with Crippen LogP contribution in [-0.2, 0) is 4.79 Å². The summed E-state index contributed by atoms with van der Waals surface area (Å²) in [6.45, 7) is 3.47. The van der Waals surface area contributed by atoms with Crippen LogP contribution in [0.3, 0.4) is 0 Å². The van der Waals surface area contributed by atoms with E-state index in [4.69, 9.17) is 5.11 Å². The third kappa shape index (κ3) is 7.52. The topological polar surface area (TPSA) is 49.3 Å². The molecule has 0 unspecified atom stereocenters. The predicted molar refractivity (Wildman–Crippen MR) is 38.3 cm³/mol. The summed E-state index contributed by atoms with van der Waals surface area (Å²) < 4.78 is 2.63. The van der Waals surface area contributed by atoms with E-state index in [1.54, 1.807) is 6.08 Å². The lowest BCUT2D eigenvalue weighted by atomic mass is 10.7. The Hall–Kier alpha value is -0.480. The molecule has 0 aromatic heterocycles. The molecule has 4 heteroatoms. The summed E-state index contributed by atoms with van der Waals surface area (Å²) in [5.74, 6) is -0.112. The molecule has 0 aliphatic rings. The molecule has 0 atom stereocenters. The first kappa shape index (κ1) is 8.52. The molecule has 9 heavy (non-hydrogen) atoms. The van der Waals surface area contributed by atoms with E-state index < -0.39 is 5.97 Å². The quantitative estimate of drug-likeness (QED) is 0.337. The molecule has 0 saturated carbocycles. The Morgan fingerprint density at radius 2 is 2.56 bits per heavy atom. The van der Waals surface area contributed by atoms with Crippen LogP contribution >= 0.6 is 11.9 Å². The van der Waals surface area contributed by atoms with Crippen molar-refractivity contribution in [2.45, 2.75) is 0 Å². The highest BCUT2D eigenvalue weighted by molar-refractivity contribution is 7.97. The maximum Gasteiger partial charge on any atom is 0.318 e. The van der Waals surface area contributed by atoms with Gasteiger partial charge in [0.25, 0.3) is 0 Å². The van der Waals surface area contributed by atoms with E-state index in [1.165, 1.54) is 11.9 Å². The molecule has 0 fully saturated rings.